The number of H-pyrrole nitrogens is 1. The molecule has 0 atom stereocenters. The molecule has 0 radical (unpaired) electrons. The predicted octanol–water partition coefficient (Wildman–Crippen LogP) is 2.75. The molecule has 0 amide bonds. The van der Waals surface area contributed by atoms with Crippen LogP contribution in [0.2, 0.25) is 0 Å². The monoisotopic (exact) mass is 205 g/mol. The maximum absolute atomic E-state index is 13.1. The minimum absolute atomic E-state index is 0.0864. The first-order valence-corrected chi connectivity index (χ1v) is 4.84. The molecule has 0 unspecified atom stereocenters. The van der Waals surface area contributed by atoms with Gasteiger partial charge in [-0.1, -0.05) is 0 Å². The van der Waals surface area contributed by atoms with Gasteiger partial charge in [0.2, 0.25) is 0 Å². The molecule has 2 rings (SSSR count). The lowest BCUT2D eigenvalue weighted by atomic mass is 10.1. The summed E-state index contributed by atoms with van der Waals surface area (Å²) in [5, 5.41) is 0.808. The molecule has 0 aliphatic heterocycles. The number of halogens is 1. The number of hydrogen-bond acceptors (Lipinski definition) is 1. The fourth-order valence-electron chi connectivity index (χ4n) is 1.83. The minimum Gasteiger partial charge on any atom is -0.358 e. The number of ketones is 1. The van der Waals surface area contributed by atoms with Crippen molar-refractivity contribution in [2.75, 3.05) is 0 Å². The van der Waals surface area contributed by atoms with Crippen LogP contribution in [0.4, 0.5) is 4.39 Å². The van der Waals surface area contributed by atoms with Gasteiger partial charge in [-0.05, 0) is 37.6 Å². The van der Waals surface area contributed by atoms with Crippen LogP contribution in [0.15, 0.2) is 18.2 Å². The lowest BCUT2D eigenvalue weighted by molar-refractivity contribution is -0.116. The average Bonchev–Trinajstić information content (AvgIpc) is 2.43. The highest BCUT2D eigenvalue weighted by Crippen LogP contribution is 2.23. The molecule has 78 valence electrons. The third-order valence-corrected chi connectivity index (χ3v) is 2.51. The smallest absolute Gasteiger partial charge is 0.134 e. The molecule has 0 fully saturated rings. The second-order valence-electron chi connectivity index (χ2n) is 3.80. The number of rotatable bonds is 2. The molecule has 2 nitrogen and oxygen atoms in total. The van der Waals surface area contributed by atoms with Crippen molar-refractivity contribution in [2.24, 2.45) is 0 Å². The molecule has 15 heavy (non-hydrogen) atoms. The van der Waals surface area contributed by atoms with E-state index in [9.17, 15) is 9.18 Å². The Morgan fingerprint density at radius 2 is 2.20 bits per heavy atom. The molecular weight excluding hydrogens is 193 g/mol. The molecule has 0 saturated carbocycles. The van der Waals surface area contributed by atoms with Gasteiger partial charge in [0.1, 0.15) is 11.6 Å². The zero-order valence-electron chi connectivity index (χ0n) is 8.73. The highest BCUT2D eigenvalue weighted by atomic mass is 19.1. The Hall–Kier alpha value is -1.64. The van der Waals surface area contributed by atoms with Gasteiger partial charge in [-0.3, -0.25) is 4.79 Å². The molecule has 3 heteroatoms. The van der Waals surface area contributed by atoms with Gasteiger partial charge < -0.3 is 4.98 Å². The molecule has 1 heterocycles. The van der Waals surface area contributed by atoms with Crippen LogP contribution in [0.1, 0.15) is 18.2 Å². The van der Waals surface area contributed by atoms with Gasteiger partial charge in [-0.15, -0.1) is 0 Å². The molecule has 2 aromatic rings. The number of nitrogens with one attached hydrogen (secondary N) is 1. The van der Waals surface area contributed by atoms with E-state index in [0.717, 1.165) is 22.2 Å². The maximum atomic E-state index is 13.1. The van der Waals surface area contributed by atoms with Crippen LogP contribution < -0.4 is 0 Å². The zero-order valence-corrected chi connectivity index (χ0v) is 8.73. The van der Waals surface area contributed by atoms with Gasteiger partial charge in [0.05, 0.1) is 0 Å². The topological polar surface area (TPSA) is 32.9 Å². The summed E-state index contributed by atoms with van der Waals surface area (Å²) in [7, 11) is 0. The average molecular weight is 205 g/mol. The van der Waals surface area contributed by atoms with Gasteiger partial charge in [-0.25, -0.2) is 4.39 Å². The maximum Gasteiger partial charge on any atom is 0.134 e. The number of Topliss-reactive ketones (excluding diaryl/α,β-unsaturated/α-hetero) is 1. The summed E-state index contributed by atoms with van der Waals surface area (Å²) in [6.45, 7) is 3.44. The molecular formula is C12H12FNO. The largest absolute Gasteiger partial charge is 0.358 e. The first-order chi connectivity index (χ1) is 7.08. The number of hydrogen-bond donors (Lipinski definition) is 1. The summed E-state index contributed by atoms with van der Waals surface area (Å²) in [5.41, 5.74) is 2.72. The standard InChI is InChI=1S/C12H12FNO/c1-7(15)5-10-8(2)14-12-4-3-9(13)6-11(10)12/h3-4,6,14H,5H2,1-2H3. The van der Waals surface area contributed by atoms with E-state index in [1.54, 1.807) is 6.07 Å². The number of aryl methyl sites for hydroxylation is 1. The van der Waals surface area contributed by atoms with Crippen LogP contribution >= 0.6 is 0 Å². The summed E-state index contributed by atoms with van der Waals surface area (Å²) in [6.07, 6.45) is 0.356. The Balaban J connectivity index is 2.65. The van der Waals surface area contributed by atoms with Crippen LogP contribution in [0.3, 0.4) is 0 Å². The van der Waals surface area contributed by atoms with E-state index < -0.39 is 0 Å². The van der Waals surface area contributed by atoms with Crippen LogP contribution in [-0.4, -0.2) is 10.8 Å². The summed E-state index contributed by atoms with van der Waals surface area (Å²) < 4.78 is 13.1. The zero-order chi connectivity index (χ0) is 11.0. The Bertz CT molecular complexity index is 528. The summed E-state index contributed by atoms with van der Waals surface area (Å²) in [4.78, 5) is 14.2. The lowest BCUT2D eigenvalue weighted by Gasteiger charge is -1.97. The van der Waals surface area contributed by atoms with Crippen molar-refractivity contribution in [3.63, 3.8) is 0 Å². The fourth-order valence-corrected chi connectivity index (χ4v) is 1.83. The molecule has 1 aromatic carbocycles. The third kappa shape index (κ3) is 1.77. The molecule has 0 aliphatic carbocycles. The molecule has 0 aliphatic rings. The minimum atomic E-state index is -0.272. The number of fused-ring (bicyclic) bond motifs is 1. The number of benzene rings is 1. The highest BCUT2D eigenvalue weighted by molar-refractivity contribution is 5.90. The van der Waals surface area contributed by atoms with Gasteiger partial charge in [0.25, 0.3) is 0 Å². The first-order valence-electron chi connectivity index (χ1n) is 4.84. The van der Waals surface area contributed by atoms with E-state index in [-0.39, 0.29) is 11.6 Å². The first kappa shape index (κ1) is 9.90. The van der Waals surface area contributed by atoms with Gasteiger partial charge >= 0.3 is 0 Å². The normalized spacial score (nSPS) is 10.9. The second kappa shape index (κ2) is 3.50. The molecule has 1 aromatic heterocycles. The lowest BCUT2D eigenvalue weighted by Crippen LogP contribution is -1.97. The number of aromatic nitrogens is 1. The Kier molecular flexibility index (Phi) is 2.31. The van der Waals surface area contributed by atoms with E-state index in [1.807, 2.05) is 6.92 Å². The summed E-state index contributed by atoms with van der Waals surface area (Å²) in [6, 6.07) is 4.58. The van der Waals surface area contributed by atoms with Crippen molar-refractivity contribution in [3.8, 4) is 0 Å². The highest BCUT2D eigenvalue weighted by Gasteiger charge is 2.10. The van der Waals surface area contributed by atoms with Crippen molar-refractivity contribution < 1.29 is 9.18 Å². The van der Waals surface area contributed by atoms with E-state index in [2.05, 4.69) is 4.98 Å². The van der Waals surface area contributed by atoms with Gasteiger partial charge in [0.15, 0.2) is 0 Å². The van der Waals surface area contributed by atoms with Crippen LogP contribution in [0.25, 0.3) is 10.9 Å². The van der Waals surface area contributed by atoms with Crippen molar-refractivity contribution in [2.45, 2.75) is 20.3 Å². The van der Waals surface area contributed by atoms with E-state index >= 15 is 0 Å². The SMILES string of the molecule is CC(=O)Cc1c(C)[nH]c2ccc(F)cc12. The Labute approximate surface area is 87.1 Å². The molecule has 0 bridgehead atoms. The quantitative estimate of drug-likeness (QED) is 0.803. The van der Waals surface area contributed by atoms with Crippen molar-refractivity contribution >= 4 is 16.7 Å². The second-order valence-corrected chi connectivity index (χ2v) is 3.80. The van der Waals surface area contributed by atoms with Gasteiger partial charge in [0, 0.05) is 23.0 Å². The van der Waals surface area contributed by atoms with E-state index in [1.165, 1.54) is 19.1 Å². The van der Waals surface area contributed by atoms with Crippen molar-refractivity contribution in [3.05, 3.63) is 35.3 Å². The number of carbonyl (C=O) groups excluding carboxylic acids is 1. The summed E-state index contributed by atoms with van der Waals surface area (Å²) >= 11 is 0. The fraction of sp³-hybridized carbons (Fsp3) is 0.250. The summed E-state index contributed by atoms with van der Waals surface area (Å²) in [5.74, 6) is -0.186. The Morgan fingerprint density at radius 3 is 2.87 bits per heavy atom. The van der Waals surface area contributed by atoms with E-state index in [0.29, 0.717) is 6.42 Å². The van der Waals surface area contributed by atoms with Crippen LogP contribution in [-0.2, 0) is 11.2 Å². The van der Waals surface area contributed by atoms with Gasteiger partial charge in [-0.2, -0.15) is 0 Å². The third-order valence-electron chi connectivity index (χ3n) is 2.51. The van der Waals surface area contributed by atoms with Crippen LogP contribution in [0, 0.1) is 12.7 Å². The molecule has 1 N–H and O–H groups in total. The Morgan fingerprint density at radius 1 is 1.47 bits per heavy atom. The van der Waals surface area contributed by atoms with E-state index in [4.69, 9.17) is 0 Å². The molecule has 0 saturated heterocycles. The number of aromatic amines is 1. The van der Waals surface area contributed by atoms with Crippen LogP contribution in [0.5, 0.6) is 0 Å². The van der Waals surface area contributed by atoms with Crippen molar-refractivity contribution in [1.82, 2.24) is 4.98 Å². The van der Waals surface area contributed by atoms with Crippen molar-refractivity contribution in [1.29, 1.82) is 0 Å². The molecule has 0 spiro atoms. The predicted molar refractivity (Wildman–Crippen MR) is 57.4 cm³/mol. The number of carbonyl (C=O) groups is 1.